The molecule has 26 heavy (non-hydrogen) atoms. The molecule has 0 saturated heterocycles. The molecule has 134 valence electrons. The standard InChI is InChI=1S/C19H18N2O4S/c1-3-17-20-21-19(25-17)26-16(18(22)23)11-12-9-10-15(24-4-2)14-8-6-5-7-13(12)14/h5-11H,3-4H2,1-2H3,(H,22,23)/b16-11-. The molecular formula is C19H18N2O4S. The molecule has 6 nitrogen and oxygen atoms in total. The Morgan fingerprint density at radius 2 is 1.96 bits per heavy atom. The van der Waals surface area contributed by atoms with Gasteiger partial charge >= 0.3 is 5.97 Å². The number of benzene rings is 2. The highest BCUT2D eigenvalue weighted by Gasteiger charge is 2.16. The van der Waals surface area contributed by atoms with E-state index in [0.29, 0.717) is 18.9 Å². The van der Waals surface area contributed by atoms with Gasteiger partial charge in [0.25, 0.3) is 5.22 Å². The van der Waals surface area contributed by atoms with E-state index in [-0.39, 0.29) is 10.1 Å². The molecule has 2 aromatic carbocycles. The highest BCUT2D eigenvalue weighted by Crippen LogP contribution is 2.33. The smallest absolute Gasteiger partial charge is 0.342 e. The summed E-state index contributed by atoms with van der Waals surface area (Å²) in [7, 11) is 0. The second-order valence-electron chi connectivity index (χ2n) is 5.36. The van der Waals surface area contributed by atoms with Crippen LogP contribution in [-0.2, 0) is 11.2 Å². The van der Waals surface area contributed by atoms with Crippen molar-refractivity contribution in [3.8, 4) is 5.75 Å². The summed E-state index contributed by atoms with van der Waals surface area (Å²) >= 11 is 0.941. The molecule has 0 fully saturated rings. The zero-order valence-electron chi connectivity index (χ0n) is 14.4. The highest BCUT2D eigenvalue weighted by molar-refractivity contribution is 8.03. The number of aliphatic carboxylic acids is 1. The lowest BCUT2D eigenvalue weighted by atomic mass is 10.0. The van der Waals surface area contributed by atoms with Gasteiger partial charge in [0.05, 0.1) is 6.61 Å². The average Bonchev–Trinajstić information content (AvgIpc) is 3.11. The summed E-state index contributed by atoms with van der Waals surface area (Å²) < 4.78 is 11.1. The van der Waals surface area contributed by atoms with E-state index < -0.39 is 5.97 Å². The normalized spacial score (nSPS) is 11.7. The summed E-state index contributed by atoms with van der Waals surface area (Å²) in [6, 6.07) is 11.4. The monoisotopic (exact) mass is 370 g/mol. The van der Waals surface area contributed by atoms with E-state index in [4.69, 9.17) is 9.15 Å². The Morgan fingerprint density at radius 3 is 2.62 bits per heavy atom. The number of rotatable bonds is 7. The molecular weight excluding hydrogens is 352 g/mol. The SMILES string of the molecule is CCOc1ccc(/C=C(\Sc2nnc(CC)o2)C(=O)O)c2ccccc12. The third-order valence-corrected chi connectivity index (χ3v) is 4.52. The minimum atomic E-state index is -1.05. The molecule has 0 aliphatic rings. The number of fused-ring (bicyclic) bond motifs is 1. The lowest BCUT2D eigenvalue weighted by molar-refractivity contribution is -0.131. The van der Waals surface area contributed by atoms with E-state index in [1.807, 2.05) is 50.2 Å². The molecule has 0 radical (unpaired) electrons. The molecule has 0 saturated carbocycles. The van der Waals surface area contributed by atoms with Crippen molar-refractivity contribution in [3.05, 3.63) is 52.8 Å². The van der Waals surface area contributed by atoms with Gasteiger partial charge in [0.2, 0.25) is 5.89 Å². The lowest BCUT2D eigenvalue weighted by Crippen LogP contribution is -1.97. The second kappa shape index (κ2) is 8.05. The van der Waals surface area contributed by atoms with Crippen molar-refractivity contribution < 1.29 is 19.1 Å². The predicted octanol–water partition coefficient (Wildman–Crippen LogP) is 4.40. The molecule has 0 atom stereocenters. The Balaban J connectivity index is 2.02. The summed E-state index contributed by atoms with van der Waals surface area (Å²) in [6.07, 6.45) is 2.21. The third kappa shape index (κ3) is 3.88. The summed E-state index contributed by atoms with van der Waals surface area (Å²) in [6.45, 7) is 4.38. The topological polar surface area (TPSA) is 85.5 Å². The molecule has 0 bridgehead atoms. The van der Waals surface area contributed by atoms with Gasteiger partial charge in [0, 0.05) is 11.8 Å². The number of ether oxygens (including phenoxy) is 1. The van der Waals surface area contributed by atoms with Crippen LogP contribution in [0.4, 0.5) is 0 Å². The maximum Gasteiger partial charge on any atom is 0.342 e. The van der Waals surface area contributed by atoms with Gasteiger partial charge in [-0.1, -0.05) is 37.3 Å². The van der Waals surface area contributed by atoms with Crippen LogP contribution in [0.3, 0.4) is 0 Å². The van der Waals surface area contributed by atoms with E-state index >= 15 is 0 Å². The van der Waals surface area contributed by atoms with Crippen LogP contribution in [0.5, 0.6) is 5.75 Å². The van der Waals surface area contributed by atoms with Crippen molar-refractivity contribution in [2.75, 3.05) is 6.61 Å². The van der Waals surface area contributed by atoms with Crippen LogP contribution in [0.15, 0.2) is 50.9 Å². The molecule has 1 aromatic heterocycles. The summed E-state index contributed by atoms with van der Waals surface area (Å²) in [5, 5.41) is 19.4. The fraction of sp³-hybridized carbons (Fsp3) is 0.211. The molecule has 7 heteroatoms. The molecule has 0 aliphatic carbocycles. The van der Waals surface area contributed by atoms with Gasteiger partial charge in [0.15, 0.2) is 0 Å². The lowest BCUT2D eigenvalue weighted by Gasteiger charge is -2.10. The molecule has 1 N–H and O–H groups in total. The van der Waals surface area contributed by atoms with Crippen LogP contribution in [0, 0.1) is 0 Å². The molecule has 3 rings (SSSR count). The van der Waals surface area contributed by atoms with Crippen LogP contribution < -0.4 is 4.74 Å². The zero-order chi connectivity index (χ0) is 18.5. The van der Waals surface area contributed by atoms with Crippen LogP contribution in [0.1, 0.15) is 25.3 Å². The van der Waals surface area contributed by atoms with Gasteiger partial charge in [-0.05, 0) is 41.8 Å². The molecule has 0 unspecified atom stereocenters. The van der Waals surface area contributed by atoms with Gasteiger partial charge in [-0.15, -0.1) is 10.2 Å². The Bertz CT molecular complexity index is 965. The van der Waals surface area contributed by atoms with Gasteiger partial charge in [-0.2, -0.15) is 0 Å². The van der Waals surface area contributed by atoms with Crippen molar-refractivity contribution in [2.24, 2.45) is 0 Å². The first-order chi connectivity index (χ1) is 12.6. The number of carbonyl (C=O) groups is 1. The largest absolute Gasteiger partial charge is 0.493 e. The second-order valence-corrected chi connectivity index (χ2v) is 6.36. The summed E-state index contributed by atoms with van der Waals surface area (Å²) in [5.74, 6) is 0.197. The van der Waals surface area contributed by atoms with E-state index in [1.165, 1.54) is 0 Å². The van der Waals surface area contributed by atoms with E-state index in [2.05, 4.69) is 10.2 Å². The van der Waals surface area contributed by atoms with Gasteiger partial charge < -0.3 is 14.3 Å². The molecule has 0 aliphatic heterocycles. The third-order valence-electron chi connectivity index (χ3n) is 3.66. The van der Waals surface area contributed by atoms with Crippen molar-refractivity contribution in [1.29, 1.82) is 0 Å². The zero-order valence-corrected chi connectivity index (χ0v) is 15.2. The number of aromatic nitrogens is 2. The number of nitrogens with zero attached hydrogens (tertiary/aromatic N) is 2. The maximum absolute atomic E-state index is 11.7. The average molecular weight is 370 g/mol. The van der Waals surface area contributed by atoms with E-state index in [0.717, 1.165) is 33.8 Å². The number of thioether (sulfide) groups is 1. The molecule has 0 spiro atoms. The fourth-order valence-corrected chi connectivity index (χ4v) is 3.18. The first-order valence-electron chi connectivity index (χ1n) is 8.22. The van der Waals surface area contributed by atoms with Gasteiger partial charge in [-0.3, -0.25) is 0 Å². The van der Waals surface area contributed by atoms with Crippen LogP contribution in [0.25, 0.3) is 16.8 Å². The number of carboxylic acids is 1. The minimum absolute atomic E-state index is 0.102. The Morgan fingerprint density at radius 1 is 1.19 bits per heavy atom. The number of hydrogen-bond donors (Lipinski definition) is 1. The quantitative estimate of drug-likeness (QED) is 0.487. The highest BCUT2D eigenvalue weighted by atomic mass is 32.2. The fourth-order valence-electron chi connectivity index (χ4n) is 2.49. The Kier molecular flexibility index (Phi) is 5.58. The first kappa shape index (κ1) is 18.0. The van der Waals surface area contributed by atoms with Crippen molar-refractivity contribution >= 4 is 34.6 Å². The van der Waals surface area contributed by atoms with Crippen molar-refractivity contribution in [1.82, 2.24) is 10.2 Å². The van der Waals surface area contributed by atoms with Crippen LogP contribution >= 0.6 is 11.8 Å². The molecule has 0 amide bonds. The number of carboxylic acid groups (broad SMARTS) is 1. The number of aryl methyl sites for hydroxylation is 1. The Labute approximate surface area is 154 Å². The summed E-state index contributed by atoms with van der Waals surface area (Å²) in [5.41, 5.74) is 0.782. The van der Waals surface area contributed by atoms with E-state index in [9.17, 15) is 9.90 Å². The van der Waals surface area contributed by atoms with Crippen molar-refractivity contribution in [2.45, 2.75) is 25.5 Å². The van der Waals surface area contributed by atoms with Gasteiger partial charge in [-0.25, -0.2) is 4.79 Å². The molecule has 3 aromatic rings. The summed E-state index contributed by atoms with van der Waals surface area (Å²) in [4.78, 5) is 11.8. The van der Waals surface area contributed by atoms with Crippen molar-refractivity contribution in [3.63, 3.8) is 0 Å². The van der Waals surface area contributed by atoms with E-state index in [1.54, 1.807) is 6.08 Å². The van der Waals surface area contributed by atoms with Gasteiger partial charge in [0.1, 0.15) is 10.7 Å². The Hall–Kier alpha value is -2.80. The maximum atomic E-state index is 11.7. The predicted molar refractivity (Wildman–Crippen MR) is 100 cm³/mol. The van der Waals surface area contributed by atoms with Crippen LogP contribution in [0.2, 0.25) is 0 Å². The molecule has 1 heterocycles. The van der Waals surface area contributed by atoms with Crippen LogP contribution in [-0.4, -0.2) is 27.9 Å². The number of hydrogen-bond acceptors (Lipinski definition) is 6. The minimum Gasteiger partial charge on any atom is -0.493 e. The first-order valence-corrected chi connectivity index (χ1v) is 9.03.